The molecule has 5 nitrogen and oxygen atoms in total. The third-order valence-electron chi connectivity index (χ3n) is 4.09. The standard InChI is InChI=1S/C18H22N2O3/c1-11-10-20(3)17(21)16(12(11)2)14-7-5-13(6-8-14)9-15(19)18(22)23-4/h5-8,10,15H,9,19H2,1-4H3/t15-/m0/s1. The van der Waals surface area contributed by atoms with Crippen LogP contribution in [0.25, 0.3) is 11.1 Å². The molecule has 1 aromatic heterocycles. The van der Waals surface area contributed by atoms with Crippen LogP contribution in [0, 0.1) is 13.8 Å². The van der Waals surface area contributed by atoms with Crippen molar-refractivity contribution in [1.29, 1.82) is 0 Å². The Morgan fingerprint density at radius 3 is 2.43 bits per heavy atom. The summed E-state index contributed by atoms with van der Waals surface area (Å²) in [6.45, 7) is 3.94. The monoisotopic (exact) mass is 314 g/mol. The number of pyridine rings is 1. The van der Waals surface area contributed by atoms with Gasteiger partial charge in [0, 0.05) is 13.2 Å². The van der Waals surface area contributed by atoms with E-state index in [1.54, 1.807) is 11.6 Å². The van der Waals surface area contributed by atoms with Crippen LogP contribution in [-0.2, 0) is 23.0 Å². The summed E-state index contributed by atoms with van der Waals surface area (Å²) in [5.41, 5.74) is 10.3. The van der Waals surface area contributed by atoms with Gasteiger partial charge in [-0.05, 0) is 42.5 Å². The summed E-state index contributed by atoms with van der Waals surface area (Å²) >= 11 is 0. The van der Waals surface area contributed by atoms with Crippen LogP contribution in [0.3, 0.4) is 0 Å². The summed E-state index contributed by atoms with van der Waals surface area (Å²) in [5, 5.41) is 0. The molecule has 23 heavy (non-hydrogen) atoms. The minimum absolute atomic E-state index is 0.0212. The summed E-state index contributed by atoms with van der Waals surface area (Å²) in [7, 11) is 3.07. The van der Waals surface area contributed by atoms with Gasteiger partial charge in [0.05, 0.1) is 12.7 Å². The van der Waals surface area contributed by atoms with Crippen LogP contribution in [0.2, 0.25) is 0 Å². The molecule has 0 fully saturated rings. The molecule has 0 amide bonds. The van der Waals surface area contributed by atoms with Gasteiger partial charge in [-0.25, -0.2) is 0 Å². The Balaban J connectivity index is 2.34. The van der Waals surface area contributed by atoms with Gasteiger partial charge in [0.1, 0.15) is 6.04 Å². The van der Waals surface area contributed by atoms with Gasteiger partial charge in [-0.15, -0.1) is 0 Å². The van der Waals surface area contributed by atoms with E-state index in [2.05, 4.69) is 4.74 Å². The predicted molar refractivity (Wildman–Crippen MR) is 90.3 cm³/mol. The zero-order valence-corrected chi connectivity index (χ0v) is 13.9. The van der Waals surface area contributed by atoms with Crippen LogP contribution in [-0.4, -0.2) is 23.7 Å². The fourth-order valence-corrected chi connectivity index (χ4v) is 2.62. The largest absolute Gasteiger partial charge is 0.468 e. The molecule has 1 aromatic carbocycles. The van der Waals surface area contributed by atoms with Gasteiger partial charge in [0.2, 0.25) is 0 Å². The van der Waals surface area contributed by atoms with E-state index in [0.29, 0.717) is 12.0 Å². The highest BCUT2D eigenvalue weighted by Gasteiger charge is 2.15. The Morgan fingerprint density at radius 2 is 1.87 bits per heavy atom. The highest BCUT2D eigenvalue weighted by atomic mass is 16.5. The van der Waals surface area contributed by atoms with Crippen molar-refractivity contribution in [3.63, 3.8) is 0 Å². The van der Waals surface area contributed by atoms with Crippen molar-refractivity contribution in [3.8, 4) is 11.1 Å². The van der Waals surface area contributed by atoms with Crippen molar-refractivity contribution >= 4 is 5.97 Å². The van der Waals surface area contributed by atoms with Crippen molar-refractivity contribution in [2.45, 2.75) is 26.3 Å². The molecular weight excluding hydrogens is 292 g/mol. The number of rotatable bonds is 4. The van der Waals surface area contributed by atoms with Crippen LogP contribution in [0.5, 0.6) is 0 Å². The second-order valence-electron chi connectivity index (χ2n) is 5.76. The van der Waals surface area contributed by atoms with E-state index in [1.165, 1.54) is 7.11 Å². The highest BCUT2D eigenvalue weighted by Crippen LogP contribution is 2.22. The number of carbonyl (C=O) groups excluding carboxylic acids is 1. The normalized spacial score (nSPS) is 12.0. The van der Waals surface area contributed by atoms with E-state index in [-0.39, 0.29) is 5.56 Å². The van der Waals surface area contributed by atoms with Crippen LogP contribution < -0.4 is 11.3 Å². The molecule has 5 heteroatoms. The first kappa shape index (κ1) is 17.0. The average molecular weight is 314 g/mol. The molecule has 0 aliphatic rings. The van der Waals surface area contributed by atoms with Gasteiger partial charge in [0.25, 0.3) is 5.56 Å². The molecule has 0 saturated heterocycles. The lowest BCUT2D eigenvalue weighted by atomic mass is 9.97. The minimum atomic E-state index is -0.681. The van der Waals surface area contributed by atoms with Gasteiger partial charge in [-0.1, -0.05) is 24.3 Å². The third kappa shape index (κ3) is 3.51. The Morgan fingerprint density at radius 1 is 1.26 bits per heavy atom. The summed E-state index contributed by atoms with van der Waals surface area (Å²) in [5.74, 6) is -0.433. The van der Waals surface area contributed by atoms with Crippen molar-refractivity contribution in [3.05, 3.63) is 57.5 Å². The van der Waals surface area contributed by atoms with Crippen molar-refractivity contribution < 1.29 is 9.53 Å². The lowest BCUT2D eigenvalue weighted by Gasteiger charge is -2.12. The Labute approximate surface area is 135 Å². The summed E-state index contributed by atoms with van der Waals surface area (Å²) in [4.78, 5) is 23.8. The maximum atomic E-state index is 12.4. The number of methoxy groups -OCH3 is 1. The molecule has 2 aromatic rings. The van der Waals surface area contributed by atoms with E-state index in [1.807, 2.05) is 44.3 Å². The molecule has 122 valence electrons. The number of carbonyl (C=O) groups is 1. The first-order chi connectivity index (χ1) is 10.8. The van der Waals surface area contributed by atoms with E-state index < -0.39 is 12.0 Å². The third-order valence-corrected chi connectivity index (χ3v) is 4.09. The molecule has 0 aliphatic heterocycles. The van der Waals surface area contributed by atoms with Crippen LogP contribution in [0.4, 0.5) is 0 Å². The number of benzene rings is 1. The average Bonchev–Trinajstić information content (AvgIpc) is 2.54. The summed E-state index contributed by atoms with van der Waals surface area (Å²) in [6, 6.07) is 6.88. The number of hydrogen-bond donors (Lipinski definition) is 1. The fourth-order valence-electron chi connectivity index (χ4n) is 2.62. The van der Waals surface area contributed by atoms with E-state index in [9.17, 15) is 9.59 Å². The Hall–Kier alpha value is -2.40. The van der Waals surface area contributed by atoms with Gasteiger partial charge in [-0.2, -0.15) is 0 Å². The quantitative estimate of drug-likeness (QED) is 0.872. The molecule has 0 spiro atoms. The van der Waals surface area contributed by atoms with Crippen molar-refractivity contribution in [2.75, 3.05) is 7.11 Å². The number of esters is 1. The van der Waals surface area contributed by atoms with E-state index in [0.717, 1.165) is 22.3 Å². The molecule has 1 atom stereocenters. The number of ether oxygens (including phenoxy) is 1. The second-order valence-corrected chi connectivity index (χ2v) is 5.76. The Kier molecular flexibility index (Phi) is 5.01. The van der Waals surface area contributed by atoms with E-state index >= 15 is 0 Å². The van der Waals surface area contributed by atoms with Gasteiger partial charge in [0.15, 0.2) is 0 Å². The van der Waals surface area contributed by atoms with Crippen molar-refractivity contribution in [2.24, 2.45) is 12.8 Å². The lowest BCUT2D eigenvalue weighted by molar-refractivity contribution is -0.142. The fraction of sp³-hybridized carbons (Fsp3) is 0.333. The molecular formula is C18H22N2O3. The topological polar surface area (TPSA) is 74.3 Å². The summed E-state index contributed by atoms with van der Waals surface area (Å²) in [6.07, 6.45) is 2.24. The Bertz CT molecular complexity index is 776. The first-order valence-corrected chi connectivity index (χ1v) is 7.44. The first-order valence-electron chi connectivity index (χ1n) is 7.44. The second kappa shape index (κ2) is 6.79. The molecule has 2 rings (SSSR count). The predicted octanol–water partition coefficient (Wildman–Crippen LogP) is 1.71. The molecule has 0 saturated carbocycles. The van der Waals surface area contributed by atoms with Crippen LogP contribution in [0.15, 0.2) is 35.3 Å². The maximum Gasteiger partial charge on any atom is 0.322 e. The molecule has 0 bridgehead atoms. The zero-order chi connectivity index (χ0) is 17.1. The number of aryl methyl sites for hydroxylation is 2. The summed E-state index contributed by atoms with van der Waals surface area (Å²) < 4.78 is 6.22. The number of aromatic nitrogens is 1. The van der Waals surface area contributed by atoms with Gasteiger partial charge < -0.3 is 15.0 Å². The lowest BCUT2D eigenvalue weighted by Crippen LogP contribution is -2.33. The van der Waals surface area contributed by atoms with Gasteiger partial charge >= 0.3 is 5.97 Å². The number of nitrogens with two attached hydrogens (primary N) is 1. The van der Waals surface area contributed by atoms with E-state index in [4.69, 9.17) is 5.73 Å². The molecule has 0 unspecified atom stereocenters. The molecule has 0 aliphatic carbocycles. The maximum absolute atomic E-state index is 12.4. The molecule has 0 radical (unpaired) electrons. The smallest absolute Gasteiger partial charge is 0.322 e. The SMILES string of the molecule is COC(=O)[C@@H](N)Cc1ccc(-c2c(C)c(C)cn(C)c2=O)cc1. The minimum Gasteiger partial charge on any atom is -0.468 e. The molecule has 1 heterocycles. The number of nitrogens with zero attached hydrogens (tertiary/aromatic N) is 1. The molecule has 2 N–H and O–H groups in total. The van der Waals surface area contributed by atoms with Crippen LogP contribution in [0.1, 0.15) is 16.7 Å². The van der Waals surface area contributed by atoms with Gasteiger partial charge in [-0.3, -0.25) is 9.59 Å². The number of hydrogen-bond acceptors (Lipinski definition) is 4. The zero-order valence-electron chi connectivity index (χ0n) is 13.9. The van der Waals surface area contributed by atoms with Crippen LogP contribution >= 0.6 is 0 Å². The highest BCUT2D eigenvalue weighted by molar-refractivity contribution is 5.75. The van der Waals surface area contributed by atoms with Crippen molar-refractivity contribution in [1.82, 2.24) is 4.57 Å².